The number of H-pyrrole nitrogens is 1. The van der Waals surface area contributed by atoms with Crippen LogP contribution in [0, 0.1) is 6.92 Å². The van der Waals surface area contributed by atoms with Crippen LogP contribution < -0.4 is 15.5 Å². The summed E-state index contributed by atoms with van der Waals surface area (Å²) in [5.74, 6) is 1.45. The van der Waals surface area contributed by atoms with Crippen LogP contribution in [0.3, 0.4) is 0 Å². The van der Waals surface area contributed by atoms with Crippen LogP contribution in [0.15, 0.2) is 61.3 Å². The highest BCUT2D eigenvalue weighted by Crippen LogP contribution is 2.28. The van der Waals surface area contributed by atoms with Gasteiger partial charge in [0.05, 0.1) is 24.0 Å². The van der Waals surface area contributed by atoms with Gasteiger partial charge in [0.25, 0.3) is 5.91 Å². The van der Waals surface area contributed by atoms with Crippen LogP contribution in [-0.2, 0) is 7.05 Å². The number of amides is 1. The van der Waals surface area contributed by atoms with E-state index in [1.54, 1.807) is 17.1 Å². The Bertz CT molecular complexity index is 1650. The van der Waals surface area contributed by atoms with Gasteiger partial charge in [0.2, 0.25) is 0 Å². The summed E-state index contributed by atoms with van der Waals surface area (Å²) in [5.41, 5.74) is 6.71. The minimum absolute atomic E-state index is 0.0713. The molecule has 10 nitrogen and oxygen atoms in total. The predicted octanol–water partition coefficient (Wildman–Crippen LogP) is 5.09. The fraction of sp³-hybridized carbons (Fsp3) is 0.276. The molecule has 39 heavy (non-hydrogen) atoms. The number of anilines is 3. The van der Waals surface area contributed by atoms with Crippen molar-refractivity contribution in [3.63, 3.8) is 0 Å². The van der Waals surface area contributed by atoms with E-state index in [9.17, 15) is 4.79 Å². The van der Waals surface area contributed by atoms with Crippen molar-refractivity contribution >= 4 is 34.4 Å². The Morgan fingerprint density at radius 2 is 1.95 bits per heavy atom. The summed E-state index contributed by atoms with van der Waals surface area (Å²) in [6.07, 6.45) is 11.4. The summed E-state index contributed by atoms with van der Waals surface area (Å²) in [4.78, 5) is 32.4. The third kappa shape index (κ3) is 5.05. The van der Waals surface area contributed by atoms with E-state index in [1.807, 2.05) is 62.9 Å². The number of hydrogen-bond donors (Lipinski definition) is 3. The molecule has 5 heterocycles. The van der Waals surface area contributed by atoms with Crippen LogP contribution in [-0.4, -0.2) is 48.7 Å². The Labute approximate surface area is 226 Å². The summed E-state index contributed by atoms with van der Waals surface area (Å²) >= 11 is 0. The Kier molecular flexibility index (Phi) is 6.44. The largest absolute Gasteiger partial charge is 0.362 e. The molecule has 0 unspecified atom stereocenters. The van der Waals surface area contributed by atoms with E-state index in [-0.39, 0.29) is 11.9 Å². The highest BCUT2D eigenvalue weighted by atomic mass is 16.1. The molecule has 10 heteroatoms. The molecule has 5 aromatic rings. The first-order chi connectivity index (χ1) is 18.9. The number of carbonyl (C=O) groups is 1. The van der Waals surface area contributed by atoms with Crippen molar-refractivity contribution in [1.82, 2.24) is 29.7 Å². The van der Waals surface area contributed by atoms with Crippen molar-refractivity contribution in [2.75, 3.05) is 28.6 Å². The number of hydrogen-bond acceptors (Lipinski definition) is 7. The number of aryl methyl sites for hydroxylation is 2. The average molecular weight is 522 g/mol. The molecule has 1 aliphatic heterocycles. The van der Waals surface area contributed by atoms with Crippen molar-refractivity contribution in [3.8, 4) is 11.1 Å². The summed E-state index contributed by atoms with van der Waals surface area (Å²) in [7, 11) is 1.89. The van der Waals surface area contributed by atoms with Crippen LogP contribution in [0.1, 0.15) is 47.3 Å². The lowest BCUT2D eigenvalue weighted by Gasteiger charge is -2.19. The summed E-state index contributed by atoms with van der Waals surface area (Å²) < 4.78 is 1.76. The molecular weight excluding hydrogens is 490 g/mol. The molecule has 1 aromatic carbocycles. The fourth-order valence-electron chi connectivity index (χ4n) is 5.09. The van der Waals surface area contributed by atoms with Gasteiger partial charge in [-0.15, -0.1) is 0 Å². The smallest absolute Gasteiger partial charge is 0.257 e. The maximum absolute atomic E-state index is 13.0. The van der Waals surface area contributed by atoms with Gasteiger partial charge < -0.3 is 20.5 Å². The first-order valence-electron chi connectivity index (χ1n) is 13.2. The lowest BCUT2D eigenvalue weighted by molar-refractivity contribution is 0.102. The molecule has 1 atom stereocenters. The first kappa shape index (κ1) is 24.6. The maximum Gasteiger partial charge on any atom is 0.257 e. The Hall–Kier alpha value is -4.73. The molecule has 1 aliphatic rings. The highest BCUT2D eigenvalue weighted by molar-refractivity contribution is 6.04. The maximum atomic E-state index is 13.0. The normalized spacial score (nSPS) is 14.1. The van der Waals surface area contributed by atoms with E-state index in [4.69, 9.17) is 4.98 Å². The molecule has 6 rings (SSSR count). The lowest BCUT2D eigenvalue weighted by Crippen LogP contribution is -2.21. The summed E-state index contributed by atoms with van der Waals surface area (Å²) in [5, 5.41) is 10.7. The van der Waals surface area contributed by atoms with Gasteiger partial charge in [-0.2, -0.15) is 5.10 Å². The Morgan fingerprint density at radius 3 is 2.72 bits per heavy atom. The van der Waals surface area contributed by atoms with Gasteiger partial charge in [-0.25, -0.2) is 15.0 Å². The van der Waals surface area contributed by atoms with Gasteiger partial charge in [0.15, 0.2) is 5.65 Å². The van der Waals surface area contributed by atoms with Gasteiger partial charge in [-0.3, -0.25) is 9.48 Å². The fourth-order valence-corrected chi connectivity index (χ4v) is 5.09. The molecule has 3 N–H and O–H groups in total. The van der Waals surface area contributed by atoms with Crippen molar-refractivity contribution in [2.24, 2.45) is 7.05 Å². The Morgan fingerprint density at radius 1 is 1.10 bits per heavy atom. The molecule has 1 saturated heterocycles. The standard InChI is InChI=1S/C29H31N9O/c1-18-11-21(13-32-28(18)38-9-4-5-10-38)29(39)35-23-8-6-7-20(12-23)19(2)34-25-16-31-27-26(36-25)24(15-30-27)22-14-33-37(3)17-22/h6-8,11-17,19H,4-5,9-10H2,1-3H3,(H,30,31)(H,34,36)(H,35,39)/t19-/m0/s1. The molecule has 0 spiro atoms. The number of benzene rings is 1. The first-order valence-corrected chi connectivity index (χ1v) is 13.2. The topological polar surface area (TPSA) is 117 Å². The number of rotatable bonds is 7. The van der Waals surface area contributed by atoms with Crippen LogP contribution >= 0.6 is 0 Å². The number of aromatic nitrogens is 6. The monoisotopic (exact) mass is 521 g/mol. The van der Waals surface area contributed by atoms with Crippen LogP contribution in [0.4, 0.5) is 17.3 Å². The van der Waals surface area contributed by atoms with Crippen molar-refractivity contribution in [3.05, 3.63) is 78.0 Å². The minimum Gasteiger partial charge on any atom is -0.362 e. The van der Waals surface area contributed by atoms with Gasteiger partial charge in [-0.05, 0) is 56.0 Å². The number of pyridine rings is 1. The van der Waals surface area contributed by atoms with E-state index >= 15 is 0 Å². The average Bonchev–Trinajstić information content (AvgIpc) is 3.70. The van der Waals surface area contributed by atoms with E-state index in [0.717, 1.165) is 58.0 Å². The van der Waals surface area contributed by atoms with Crippen LogP contribution in [0.2, 0.25) is 0 Å². The molecular formula is C29H31N9O. The molecule has 0 aliphatic carbocycles. The zero-order valence-corrected chi connectivity index (χ0v) is 22.3. The predicted molar refractivity (Wildman–Crippen MR) is 153 cm³/mol. The number of carbonyl (C=O) groups excluding carboxylic acids is 1. The van der Waals surface area contributed by atoms with Crippen molar-refractivity contribution < 1.29 is 4.79 Å². The number of nitrogens with zero attached hydrogens (tertiary/aromatic N) is 6. The number of aromatic amines is 1. The second kappa shape index (κ2) is 10.2. The number of fused-ring (bicyclic) bond motifs is 1. The number of nitrogens with one attached hydrogen (secondary N) is 3. The minimum atomic E-state index is -0.178. The molecule has 1 amide bonds. The van der Waals surface area contributed by atoms with E-state index in [1.165, 1.54) is 12.8 Å². The zero-order valence-electron chi connectivity index (χ0n) is 22.3. The SMILES string of the molecule is Cc1cc(C(=O)Nc2cccc([C@H](C)Nc3cnc4[nH]cc(-c5cnn(C)c5)c4n3)c2)cnc1N1CCCC1. The van der Waals surface area contributed by atoms with Crippen molar-refractivity contribution in [2.45, 2.75) is 32.7 Å². The molecule has 0 saturated carbocycles. The van der Waals surface area contributed by atoms with Gasteiger partial charge >= 0.3 is 0 Å². The quantitative estimate of drug-likeness (QED) is 0.273. The molecule has 0 radical (unpaired) electrons. The third-order valence-electron chi connectivity index (χ3n) is 7.12. The van der Waals surface area contributed by atoms with Gasteiger partial charge in [0.1, 0.15) is 17.2 Å². The van der Waals surface area contributed by atoms with Crippen molar-refractivity contribution in [1.29, 1.82) is 0 Å². The molecule has 4 aromatic heterocycles. The summed E-state index contributed by atoms with van der Waals surface area (Å²) in [6.45, 7) is 6.11. The van der Waals surface area contributed by atoms with Crippen LogP contribution in [0.25, 0.3) is 22.3 Å². The zero-order chi connectivity index (χ0) is 26.9. The van der Waals surface area contributed by atoms with E-state index in [0.29, 0.717) is 11.4 Å². The molecule has 1 fully saturated rings. The van der Waals surface area contributed by atoms with Crippen LogP contribution in [0.5, 0.6) is 0 Å². The second-order valence-electron chi connectivity index (χ2n) is 10.1. The highest BCUT2D eigenvalue weighted by Gasteiger charge is 2.18. The van der Waals surface area contributed by atoms with E-state index in [2.05, 4.69) is 42.5 Å². The summed E-state index contributed by atoms with van der Waals surface area (Å²) in [6, 6.07) is 9.66. The molecule has 0 bridgehead atoms. The Balaban J connectivity index is 1.16. The molecule has 198 valence electrons. The second-order valence-corrected chi connectivity index (χ2v) is 10.1. The lowest BCUT2D eigenvalue weighted by atomic mass is 10.1. The van der Waals surface area contributed by atoms with E-state index < -0.39 is 0 Å². The third-order valence-corrected chi connectivity index (χ3v) is 7.12. The van der Waals surface area contributed by atoms with Gasteiger partial charge in [0, 0.05) is 55.5 Å². The van der Waals surface area contributed by atoms with Gasteiger partial charge in [-0.1, -0.05) is 12.1 Å².